The highest BCUT2D eigenvalue weighted by Crippen LogP contribution is 2.32. The number of ether oxygens (including phenoxy) is 1. The van der Waals surface area contributed by atoms with Gasteiger partial charge in [0.1, 0.15) is 17.5 Å². The first-order chi connectivity index (χ1) is 15.1. The molecule has 1 saturated carbocycles. The highest BCUT2D eigenvalue weighted by molar-refractivity contribution is 5.97. The first-order valence-corrected chi connectivity index (χ1v) is 10.4. The average Bonchev–Trinajstić information content (AvgIpc) is 3.49. The van der Waals surface area contributed by atoms with Crippen LogP contribution in [0.25, 0.3) is 5.69 Å². The molecule has 4 rings (SSSR count). The Labute approximate surface area is 180 Å². The molecule has 3 aromatic rings. The van der Waals surface area contributed by atoms with Gasteiger partial charge in [-0.25, -0.2) is 13.9 Å². The van der Waals surface area contributed by atoms with Crippen molar-refractivity contribution in [3.63, 3.8) is 0 Å². The summed E-state index contributed by atoms with van der Waals surface area (Å²) in [7, 11) is 0. The Morgan fingerprint density at radius 2 is 1.87 bits per heavy atom. The molecular formula is C24H24FN3O3. The van der Waals surface area contributed by atoms with Gasteiger partial charge in [-0.1, -0.05) is 42.5 Å². The maximum absolute atomic E-state index is 14.1. The molecule has 7 heteroatoms. The quantitative estimate of drug-likeness (QED) is 0.519. The Bertz CT molecular complexity index is 1060. The molecule has 1 aromatic heterocycles. The SMILES string of the molecule is CCOC(=O)C(Cc1ccccc1)N(C(=O)c1cnn(-c2ccccc2F)c1)C1CC1. The number of amides is 1. The molecule has 0 saturated heterocycles. The second kappa shape index (κ2) is 9.12. The van der Waals surface area contributed by atoms with Crippen LogP contribution in [0, 0.1) is 5.82 Å². The van der Waals surface area contributed by atoms with E-state index in [1.165, 1.54) is 23.1 Å². The highest BCUT2D eigenvalue weighted by atomic mass is 19.1. The molecule has 0 N–H and O–H groups in total. The second-order valence-electron chi connectivity index (χ2n) is 7.53. The zero-order chi connectivity index (χ0) is 21.8. The number of hydrogen-bond acceptors (Lipinski definition) is 4. The van der Waals surface area contributed by atoms with Crippen LogP contribution in [-0.4, -0.2) is 45.2 Å². The summed E-state index contributed by atoms with van der Waals surface area (Å²) in [6.07, 6.45) is 4.94. The van der Waals surface area contributed by atoms with E-state index in [0.717, 1.165) is 18.4 Å². The third-order valence-corrected chi connectivity index (χ3v) is 5.27. The van der Waals surface area contributed by atoms with E-state index in [0.29, 0.717) is 12.0 Å². The Morgan fingerprint density at radius 3 is 2.55 bits per heavy atom. The van der Waals surface area contributed by atoms with E-state index < -0.39 is 17.8 Å². The van der Waals surface area contributed by atoms with Crippen molar-refractivity contribution in [2.45, 2.75) is 38.3 Å². The summed E-state index contributed by atoms with van der Waals surface area (Å²) >= 11 is 0. The van der Waals surface area contributed by atoms with Crippen molar-refractivity contribution in [3.05, 3.63) is 83.9 Å². The molecule has 1 unspecified atom stereocenters. The van der Waals surface area contributed by atoms with Gasteiger partial charge in [-0.15, -0.1) is 0 Å². The largest absolute Gasteiger partial charge is 0.464 e. The summed E-state index contributed by atoms with van der Waals surface area (Å²) in [6.45, 7) is 1.99. The number of halogens is 1. The van der Waals surface area contributed by atoms with Crippen molar-refractivity contribution >= 4 is 11.9 Å². The third kappa shape index (κ3) is 4.66. The molecule has 1 aliphatic carbocycles. The van der Waals surface area contributed by atoms with Gasteiger partial charge < -0.3 is 9.64 Å². The van der Waals surface area contributed by atoms with E-state index in [-0.39, 0.29) is 24.2 Å². The molecule has 2 aromatic carbocycles. The molecule has 0 bridgehead atoms. The van der Waals surface area contributed by atoms with E-state index >= 15 is 0 Å². The molecule has 6 nitrogen and oxygen atoms in total. The van der Waals surface area contributed by atoms with Crippen LogP contribution < -0.4 is 0 Å². The number of esters is 1. The third-order valence-electron chi connectivity index (χ3n) is 5.27. The number of rotatable bonds is 8. The summed E-state index contributed by atoms with van der Waals surface area (Å²) in [4.78, 5) is 27.9. The van der Waals surface area contributed by atoms with Crippen molar-refractivity contribution < 1.29 is 18.7 Å². The van der Waals surface area contributed by atoms with Gasteiger partial charge in [0.25, 0.3) is 5.91 Å². The van der Waals surface area contributed by atoms with Crippen molar-refractivity contribution in [3.8, 4) is 5.69 Å². The minimum absolute atomic E-state index is 0.0255. The van der Waals surface area contributed by atoms with E-state index in [9.17, 15) is 14.0 Å². The maximum Gasteiger partial charge on any atom is 0.329 e. The normalized spacial score (nSPS) is 14.1. The fourth-order valence-electron chi connectivity index (χ4n) is 3.64. The van der Waals surface area contributed by atoms with Gasteiger partial charge in [0.05, 0.1) is 18.4 Å². The maximum atomic E-state index is 14.1. The lowest BCUT2D eigenvalue weighted by Crippen LogP contribution is -2.48. The van der Waals surface area contributed by atoms with Crippen molar-refractivity contribution in [1.82, 2.24) is 14.7 Å². The Balaban J connectivity index is 1.64. The van der Waals surface area contributed by atoms with Crippen LogP contribution in [0.1, 0.15) is 35.7 Å². The summed E-state index contributed by atoms with van der Waals surface area (Å²) in [5.74, 6) is -1.16. The smallest absolute Gasteiger partial charge is 0.329 e. The molecule has 160 valence electrons. The monoisotopic (exact) mass is 421 g/mol. The summed E-state index contributed by atoms with van der Waals surface area (Å²) in [6, 6.07) is 15.0. The van der Waals surface area contributed by atoms with Gasteiger partial charge in [0.2, 0.25) is 0 Å². The van der Waals surface area contributed by atoms with Crippen LogP contribution in [0.2, 0.25) is 0 Å². The number of hydrogen-bond donors (Lipinski definition) is 0. The van der Waals surface area contributed by atoms with Gasteiger partial charge in [-0.2, -0.15) is 5.10 Å². The fourth-order valence-corrected chi connectivity index (χ4v) is 3.64. The van der Waals surface area contributed by atoms with E-state index in [1.54, 1.807) is 30.0 Å². The number of para-hydroxylation sites is 1. The zero-order valence-corrected chi connectivity index (χ0v) is 17.3. The second-order valence-corrected chi connectivity index (χ2v) is 7.53. The van der Waals surface area contributed by atoms with Crippen LogP contribution in [0.4, 0.5) is 4.39 Å². The topological polar surface area (TPSA) is 64.4 Å². The molecule has 1 aliphatic rings. The molecule has 0 spiro atoms. The molecular weight excluding hydrogens is 397 g/mol. The average molecular weight is 421 g/mol. The number of carbonyl (C=O) groups is 2. The first-order valence-electron chi connectivity index (χ1n) is 10.4. The summed E-state index contributed by atoms with van der Waals surface area (Å²) < 4.78 is 20.8. The first kappa shape index (κ1) is 20.8. The zero-order valence-electron chi connectivity index (χ0n) is 17.3. The van der Waals surface area contributed by atoms with Crippen LogP contribution in [-0.2, 0) is 16.0 Å². The molecule has 0 radical (unpaired) electrons. The Kier molecular flexibility index (Phi) is 6.11. The summed E-state index contributed by atoms with van der Waals surface area (Å²) in [5.41, 5.74) is 1.50. The van der Waals surface area contributed by atoms with Crippen molar-refractivity contribution in [2.75, 3.05) is 6.61 Å². The summed E-state index contributed by atoms with van der Waals surface area (Å²) in [5, 5.41) is 4.17. The van der Waals surface area contributed by atoms with Gasteiger partial charge >= 0.3 is 5.97 Å². The van der Waals surface area contributed by atoms with E-state index in [4.69, 9.17) is 4.74 Å². The van der Waals surface area contributed by atoms with Crippen molar-refractivity contribution in [1.29, 1.82) is 0 Å². The van der Waals surface area contributed by atoms with E-state index in [1.807, 2.05) is 30.3 Å². The van der Waals surface area contributed by atoms with Crippen LogP contribution in [0.15, 0.2) is 67.0 Å². The Hall–Kier alpha value is -3.48. The number of carbonyl (C=O) groups excluding carboxylic acids is 2. The van der Waals surface area contributed by atoms with Gasteiger partial charge in [-0.3, -0.25) is 4.79 Å². The van der Waals surface area contributed by atoms with Gasteiger partial charge in [-0.05, 0) is 37.5 Å². The fraction of sp³-hybridized carbons (Fsp3) is 0.292. The minimum atomic E-state index is -0.737. The van der Waals surface area contributed by atoms with Crippen molar-refractivity contribution in [2.24, 2.45) is 0 Å². The lowest BCUT2D eigenvalue weighted by molar-refractivity contribution is -0.148. The Morgan fingerprint density at radius 1 is 1.16 bits per heavy atom. The van der Waals surface area contributed by atoms with E-state index in [2.05, 4.69) is 5.10 Å². The number of nitrogens with zero attached hydrogens (tertiary/aromatic N) is 3. The number of aromatic nitrogens is 2. The molecule has 1 amide bonds. The molecule has 1 atom stereocenters. The molecule has 0 aliphatic heterocycles. The molecule has 1 heterocycles. The standard InChI is InChI=1S/C24H24FN3O3/c1-2-31-24(30)22(14-17-8-4-3-5-9-17)28(19-12-13-19)23(29)18-15-26-27(16-18)21-11-7-6-10-20(21)25/h3-11,15-16,19,22H,2,12-14H2,1H3. The van der Waals surface area contributed by atoms with Crippen LogP contribution in [0.3, 0.4) is 0 Å². The lowest BCUT2D eigenvalue weighted by Gasteiger charge is -2.30. The minimum Gasteiger partial charge on any atom is -0.464 e. The van der Waals surface area contributed by atoms with Gasteiger partial charge in [0.15, 0.2) is 0 Å². The predicted octanol–water partition coefficient (Wildman–Crippen LogP) is 3.79. The van der Waals surface area contributed by atoms with Crippen LogP contribution >= 0.6 is 0 Å². The molecule has 31 heavy (non-hydrogen) atoms. The predicted molar refractivity (Wildman–Crippen MR) is 113 cm³/mol. The lowest BCUT2D eigenvalue weighted by atomic mass is 10.0. The molecule has 1 fully saturated rings. The number of benzene rings is 2. The van der Waals surface area contributed by atoms with Crippen LogP contribution in [0.5, 0.6) is 0 Å². The van der Waals surface area contributed by atoms with Gasteiger partial charge in [0, 0.05) is 18.7 Å². The highest BCUT2D eigenvalue weighted by Gasteiger charge is 2.42.